The number of carboxylic acids is 1. The average Bonchev–Trinajstić information content (AvgIpc) is 2.33. The predicted octanol–water partition coefficient (Wildman–Crippen LogP) is 0.439. The van der Waals surface area contributed by atoms with E-state index in [1.807, 2.05) is 0 Å². The van der Waals surface area contributed by atoms with Gasteiger partial charge in [-0.25, -0.2) is 4.79 Å². The summed E-state index contributed by atoms with van der Waals surface area (Å²) in [5.41, 5.74) is -0.0753. The molecule has 11 heavy (non-hydrogen) atoms. The Morgan fingerprint density at radius 2 is 2.36 bits per heavy atom. The van der Waals surface area contributed by atoms with Crippen LogP contribution in [-0.4, -0.2) is 30.2 Å². The van der Waals surface area contributed by atoms with Gasteiger partial charge in [0.1, 0.15) is 6.26 Å². The van der Waals surface area contributed by atoms with E-state index >= 15 is 0 Å². The Morgan fingerprint density at radius 3 is 2.64 bits per heavy atom. The molecule has 5 heteroatoms. The van der Waals surface area contributed by atoms with E-state index in [0.717, 1.165) is 6.26 Å². The van der Waals surface area contributed by atoms with Gasteiger partial charge in [-0.1, -0.05) is 0 Å². The molecule has 0 saturated heterocycles. The van der Waals surface area contributed by atoms with E-state index in [2.05, 4.69) is 4.98 Å². The molecule has 0 atom stereocenters. The molecule has 0 unspecified atom stereocenters. The van der Waals surface area contributed by atoms with Crippen molar-refractivity contribution in [1.29, 1.82) is 0 Å². The maximum absolute atomic E-state index is 10.3. The van der Waals surface area contributed by atoms with Crippen LogP contribution in [0.2, 0.25) is 0 Å². The Labute approximate surface area is 63.3 Å². The standard InChI is InChI=1S/C6H8N2O3/c1-8(2)6-7-4(3-11-6)5(9)10/h3H,1-2H3,(H,9,10). The highest BCUT2D eigenvalue weighted by Gasteiger charge is 2.10. The molecule has 0 radical (unpaired) electrons. The molecule has 1 rings (SSSR count). The lowest BCUT2D eigenvalue weighted by Gasteiger charge is -2.02. The van der Waals surface area contributed by atoms with Crippen molar-refractivity contribution in [3.05, 3.63) is 12.0 Å². The summed E-state index contributed by atoms with van der Waals surface area (Å²) in [6, 6.07) is 0.294. The monoisotopic (exact) mass is 156 g/mol. The fourth-order valence-electron chi connectivity index (χ4n) is 0.568. The summed E-state index contributed by atoms with van der Waals surface area (Å²) < 4.78 is 4.82. The SMILES string of the molecule is CN(C)c1nc(C(=O)O)co1. The second kappa shape index (κ2) is 2.61. The fraction of sp³-hybridized carbons (Fsp3) is 0.333. The molecule has 0 amide bonds. The number of anilines is 1. The highest BCUT2D eigenvalue weighted by molar-refractivity contribution is 5.85. The molecule has 0 fully saturated rings. The number of hydrogen-bond acceptors (Lipinski definition) is 4. The summed E-state index contributed by atoms with van der Waals surface area (Å²) in [6.07, 6.45) is 1.11. The molecule has 1 N–H and O–H groups in total. The molecule has 1 heterocycles. The quantitative estimate of drug-likeness (QED) is 0.672. The van der Waals surface area contributed by atoms with Crippen LogP contribution in [0.1, 0.15) is 10.5 Å². The van der Waals surface area contributed by atoms with Gasteiger partial charge >= 0.3 is 5.97 Å². The molecule has 1 aromatic rings. The highest BCUT2D eigenvalue weighted by atomic mass is 16.4. The van der Waals surface area contributed by atoms with Crippen molar-refractivity contribution in [2.24, 2.45) is 0 Å². The lowest BCUT2D eigenvalue weighted by molar-refractivity contribution is 0.0690. The van der Waals surface area contributed by atoms with E-state index in [1.54, 1.807) is 19.0 Å². The van der Waals surface area contributed by atoms with Crippen molar-refractivity contribution in [2.75, 3.05) is 19.0 Å². The van der Waals surface area contributed by atoms with Gasteiger partial charge in [-0.2, -0.15) is 4.98 Å². The minimum absolute atomic E-state index is 0.0753. The number of aromatic nitrogens is 1. The zero-order valence-electron chi connectivity index (χ0n) is 6.24. The van der Waals surface area contributed by atoms with Crippen molar-refractivity contribution >= 4 is 12.0 Å². The van der Waals surface area contributed by atoms with Crippen LogP contribution in [0.4, 0.5) is 6.01 Å². The number of carboxylic acid groups (broad SMARTS) is 1. The topological polar surface area (TPSA) is 66.6 Å². The molecule has 0 aromatic carbocycles. The Kier molecular flexibility index (Phi) is 1.80. The minimum Gasteiger partial charge on any atom is -0.476 e. The summed E-state index contributed by atoms with van der Waals surface area (Å²) >= 11 is 0. The van der Waals surface area contributed by atoms with Crippen LogP contribution in [-0.2, 0) is 0 Å². The van der Waals surface area contributed by atoms with E-state index in [9.17, 15) is 4.79 Å². The van der Waals surface area contributed by atoms with E-state index in [4.69, 9.17) is 9.52 Å². The van der Waals surface area contributed by atoms with Gasteiger partial charge in [0, 0.05) is 14.1 Å². The number of hydrogen-bond donors (Lipinski definition) is 1. The van der Waals surface area contributed by atoms with Gasteiger partial charge in [-0.3, -0.25) is 0 Å². The van der Waals surface area contributed by atoms with Gasteiger partial charge in [0.25, 0.3) is 6.01 Å². The number of rotatable bonds is 2. The number of oxazole rings is 1. The third-order valence-corrected chi connectivity index (χ3v) is 1.09. The molecule has 0 aliphatic heterocycles. The van der Waals surface area contributed by atoms with Crippen molar-refractivity contribution in [3.8, 4) is 0 Å². The Balaban J connectivity index is 2.90. The summed E-state index contributed by atoms with van der Waals surface area (Å²) in [6.45, 7) is 0. The molecule has 0 aliphatic rings. The van der Waals surface area contributed by atoms with Crippen LogP contribution in [0.25, 0.3) is 0 Å². The molecule has 0 saturated carbocycles. The Bertz CT molecular complexity index is 267. The summed E-state index contributed by atoms with van der Waals surface area (Å²) in [7, 11) is 3.44. The van der Waals surface area contributed by atoms with Crippen molar-refractivity contribution in [3.63, 3.8) is 0 Å². The van der Waals surface area contributed by atoms with Crippen LogP contribution >= 0.6 is 0 Å². The second-order valence-corrected chi connectivity index (χ2v) is 2.21. The summed E-state index contributed by atoms with van der Waals surface area (Å²) in [5.74, 6) is -1.08. The van der Waals surface area contributed by atoms with Crippen LogP contribution < -0.4 is 4.90 Å². The van der Waals surface area contributed by atoms with E-state index in [-0.39, 0.29) is 5.69 Å². The molecule has 5 nitrogen and oxygen atoms in total. The third-order valence-electron chi connectivity index (χ3n) is 1.09. The highest BCUT2D eigenvalue weighted by Crippen LogP contribution is 2.09. The van der Waals surface area contributed by atoms with Crippen molar-refractivity contribution in [2.45, 2.75) is 0 Å². The first kappa shape index (κ1) is 7.59. The van der Waals surface area contributed by atoms with Gasteiger partial charge in [0.2, 0.25) is 0 Å². The average molecular weight is 156 g/mol. The van der Waals surface area contributed by atoms with E-state index < -0.39 is 5.97 Å². The first-order valence-corrected chi connectivity index (χ1v) is 2.97. The van der Waals surface area contributed by atoms with Crippen LogP contribution in [0.15, 0.2) is 10.7 Å². The smallest absolute Gasteiger partial charge is 0.357 e. The van der Waals surface area contributed by atoms with Crippen molar-refractivity contribution in [1.82, 2.24) is 4.98 Å². The second-order valence-electron chi connectivity index (χ2n) is 2.21. The van der Waals surface area contributed by atoms with Crippen LogP contribution in [0, 0.1) is 0 Å². The number of nitrogens with zero attached hydrogens (tertiary/aromatic N) is 2. The first-order valence-electron chi connectivity index (χ1n) is 2.97. The molecule has 60 valence electrons. The van der Waals surface area contributed by atoms with E-state index in [1.165, 1.54) is 0 Å². The molecule has 0 spiro atoms. The minimum atomic E-state index is -1.08. The maximum atomic E-state index is 10.3. The van der Waals surface area contributed by atoms with Crippen molar-refractivity contribution < 1.29 is 14.3 Å². The lowest BCUT2D eigenvalue weighted by atomic mass is 10.5. The van der Waals surface area contributed by atoms with Gasteiger partial charge < -0.3 is 14.4 Å². The normalized spacial score (nSPS) is 9.64. The zero-order chi connectivity index (χ0) is 8.43. The summed E-state index contributed by atoms with van der Waals surface area (Å²) in [5, 5.41) is 8.44. The third kappa shape index (κ3) is 1.49. The van der Waals surface area contributed by atoms with Gasteiger partial charge in [0.15, 0.2) is 5.69 Å². The number of carbonyl (C=O) groups is 1. The largest absolute Gasteiger partial charge is 0.476 e. The molecular weight excluding hydrogens is 148 g/mol. The molecule has 0 aliphatic carbocycles. The predicted molar refractivity (Wildman–Crippen MR) is 37.8 cm³/mol. The van der Waals surface area contributed by atoms with Gasteiger partial charge in [-0.15, -0.1) is 0 Å². The summed E-state index contributed by atoms with van der Waals surface area (Å²) in [4.78, 5) is 15.6. The Hall–Kier alpha value is -1.52. The molecule has 0 bridgehead atoms. The Morgan fingerprint density at radius 1 is 1.73 bits per heavy atom. The maximum Gasteiger partial charge on any atom is 0.357 e. The van der Waals surface area contributed by atoms with Crippen LogP contribution in [0.3, 0.4) is 0 Å². The molecule has 1 aromatic heterocycles. The fourth-order valence-corrected chi connectivity index (χ4v) is 0.568. The zero-order valence-corrected chi connectivity index (χ0v) is 6.24. The number of aromatic carboxylic acids is 1. The lowest BCUT2D eigenvalue weighted by Crippen LogP contribution is -2.09. The molecular formula is C6H8N2O3. The van der Waals surface area contributed by atoms with Gasteiger partial charge in [0.05, 0.1) is 0 Å². The first-order chi connectivity index (χ1) is 5.11. The van der Waals surface area contributed by atoms with Crippen LogP contribution in [0.5, 0.6) is 0 Å². The van der Waals surface area contributed by atoms with E-state index in [0.29, 0.717) is 6.01 Å². The van der Waals surface area contributed by atoms with Gasteiger partial charge in [-0.05, 0) is 0 Å².